The molecule has 1 saturated heterocycles. The monoisotopic (exact) mass is 423 g/mol. The molecule has 2 aromatic rings. The van der Waals surface area contributed by atoms with Crippen molar-refractivity contribution >= 4 is 11.8 Å². The topological polar surface area (TPSA) is 93.5 Å². The van der Waals surface area contributed by atoms with Crippen molar-refractivity contribution in [1.82, 2.24) is 15.8 Å². The standard InChI is InChI=1S/C24H29N3O4/c28-23(25-19-13-30-14-19)18-8-4-7-17(11-18)22(16-5-2-1-3-6-16)26-24(29)20-12-21(31-27-20)15-9-10-15/h4,7-8,11-12,15-16,19,22H,1-3,5-6,9-10,13-14H2,(H,25,28)(H,26,29). The Morgan fingerprint density at radius 3 is 2.52 bits per heavy atom. The summed E-state index contributed by atoms with van der Waals surface area (Å²) in [6, 6.07) is 9.32. The number of benzene rings is 1. The minimum absolute atomic E-state index is 0.0813. The van der Waals surface area contributed by atoms with Crippen LogP contribution in [0.4, 0.5) is 0 Å². The molecule has 1 atom stereocenters. The second-order valence-electron chi connectivity index (χ2n) is 9.07. The lowest BCUT2D eigenvalue weighted by Gasteiger charge is -2.31. The van der Waals surface area contributed by atoms with Gasteiger partial charge in [0.05, 0.1) is 25.3 Å². The van der Waals surface area contributed by atoms with E-state index in [1.807, 2.05) is 24.3 Å². The van der Waals surface area contributed by atoms with E-state index in [-0.39, 0.29) is 23.9 Å². The zero-order valence-electron chi connectivity index (χ0n) is 17.6. The summed E-state index contributed by atoms with van der Waals surface area (Å²) in [6.07, 6.45) is 7.88. The number of nitrogens with zero attached hydrogens (tertiary/aromatic N) is 1. The van der Waals surface area contributed by atoms with Gasteiger partial charge in [-0.1, -0.05) is 36.6 Å². The number of ether oxygens (including phenoxy) is 1. The second-order valence-corrected chi connectivity index (χ2v) is 9.07. The first kappa shape index (κ1) is 20.2. The molecule has 0 spiro atoms. The Kier molecular flexibility index (Phi) is 5.76. The van der Waals surface area contributed by atoms with Crippen molar-refractivity contribution in [3.05, 3.63) is 52.9 Å². The Bertz CT molecular complexity index is 942. The largest absolute Gasteiger partial charge is 0.377 e. The molecule has 2 N–H and O–H groups in total. The van der Waals surface area contributed by atoms with Gasteiger partial charge in [-0.25, -0.2) is 0 Å². The van der Waals surface area contributed by atoms with Gasteiger partial charge in [0.25, 0.3) is 11.8 Å². The summed E-state index contributed by atoms with van der Waals surface area (Å²) >= 11 is 0. The molecule has 1 aromatic carbocycles. The molecule has 164 valence electrons. The molecule has 7 nitrogen and oxygen atoms in total. The molecular weight excluding hydrogens is 394 g/mol. The van der Waals surface area contributed by atoms with Crippen LogP contribution in [0.25, 0.3) is 0 Å². The van der Waals surface area contributed by atoms with Crippen molar-refractivity contribution in [2.75, 3.05) is 13.2 Å². The number of amides is 2. The van der Waals surface area contributed by atoms with Crippen LogP contribution in [-0.2, 0) is 4.74 Å². The predicted molar refractivity (Wildman–Crippen MR) is 114 cm³/mol. The lowest BCUT2D eigenvalue weighted by molar-refractivity contribution is -0.00346. The van der Waals surface area contributed by atoms with E-state index in [0.29, 0.717) is 36.3 Å². The SMILES string of the molecule is O=C(NC1COC1)c1cccc(C(NC(=O)c2cc(C3CC3)on2)C2CCCCC2)c1. The minimum atomic E-state index is -0.215. The number of carbonyl (C=O) groups is 2. The van der Waals surface area contributed by atoms with Crippen LogP contribution in [0.1, 0.15) is 89.1 Å². The Hall–Kier alpha value is -2.67. The smallest absolute Gasteiger partial charge is 0.273 e. The van der Waals surface area contributed by atoms with Crippen molar-refractivity contribution in [1.29, 1.82) is 0 Å². The maximum Gasteiger partial charge on any atom is 0.273 e. The van der Waals surface area contributed by atoms with Crippen LogP contribution in [0.5, 0.6) is 0 Å². The first-order valence-electron chi connectivity index (χ1n) is 11.4. The third-order valence-corrected chi connectivity index (χ3v) is 6.63. The van der Waals surface area contributed by atoms with Gasteiger partial charge in [0.15, 0.2) is 5.69 Å². The fourth-order valence-corrected chi connectivity index (χ4v) is 4.57. The van der Waals surface area contributed by atoms with Crippen LogP contribution >= 0.6 is 0 Å². The van der Waals surface area contributed by atoms with Gasteiger partial charge in [-0.05, 0) is 49.3 Å². The van der Waals surface area contributed by atoms with Crippen molar-refractivity contribution in [2.45, 2.75) is 62.9 Å². The van der Waals surface area contributed by atoms with Gasteiger partial charge in [0.1, 0.15) is 5.76 Å². The maximum absolute atomic E-state index is 13.0. The molecule has 2 heterocycles. The van der Waals surface area contributed by atoms with Crippen molar-refractivity contribution in [3.63, 3.8) is 0 Å². The molecule has 1 aliphatic heterocycles. The quantitative estimate of drug-likeness (QED) is 0.708. The lowest BCUT2D eigenvalue weighted by atomic mass is 9.80. The number of hydrogen-bond donors (Lipinski definition) is 2. The van der Waals surface area contributed by atoms with Gasteiger partial charge >= 0.3 is 0 Å². The summed E-state index contributed by atoms with van der Waals surface area (Å²) in [7, 11) is 0. The predicted octanol–water partition coefficient (Wildman–Crippen LogP) is 3.73. The molecule has 3 fully saturated rings. The highest BCUT2D eigenvalue weighted by Crippen LogP contribution is 2.40. The average molecular weight is 424 g/mol. The Morgan fingerprint density at radius 2 is 1.81 bits per heavy atom. The first-order chi connectivity index (χ1) is 15.2. The van der Waals surface area contributed by atoms with Gasteiger partial charge in [-0.2, -0.15) is 0 Å². The number of carbonyl (C=O) groups excluding carboxylic acids is 2. The van der Waals surface area contributed by atoms with E-state index in [0.717, 1.165) is 49.8 Å². The van der Waals surface area contributed by atoms with Crippen LogP contribution in [-0.4, -0.2) is 36.2 Å². The van der Waals surface area contributed by atoms with E-state index in [2.05, 4.69) is 15.8 Å². The molecule has 2 amide bonds. The van der Waals surface area contributed by atoms with Gasteiger partial charge in [0.2, 0.25) is 0 Å². The summed E-state index contributed by atoms with van der Waals surface area (Å²) in [5, 5.41) is 10.2. The highest BCUT2D eigenvalue weighted by molar-refractivity contribution is 5.95. The third kappa shape index (κ3) is 4.66. The van der Waals surface area contributed by atoms with E-state index in [4.69, 9.17) is 9.26 Å². The van der Waals surface area contributed by atoms with Crippen molar-refractivity contribution in [3.8, 4) is 0 Å². The highest BCUT2D eigenvalue weighted by Gasteiger charge is 2.31. The van der Waals surface area contributed by atoms with Crippen LogP contribution in [0, 0.1) is 5.92 Å². The summed E-state index contributed by atoms with van der Waals surface area (Å²) in [5.74, 6) is 1.24. The maximum atomic E-state index is 13.0. The van der Waals surface area contributed by atoms with Crippen molar-refractivity contribution < 1.29 is 18.8 Å². The van der Waals surface area contributed by atoms with E-state index in [9.17, 15) is 9.59 Å². The van der Waals surface area contributed by atoms with Crippen LogP contribution in [0.15, 0.2) is 34.9 Å². The molecule has 5 rings (SSSR count). The van der Waals surface area contributed by atoms with Gasteiger partial charge < -0.3 is 19.9 Å². The molecule has 7 heteroatoms. The Morgan fingerprint density at radius 1 is 1.00 bits per heavy atom. The zero-order valence-corrected chi connectivity index (χ0v) is 17.6. The molecule has 2 aliphatic carbocycles. The summed E-state index contributed by atoms with van der Waals surface area (Å²) in [6.45, 7) is 1.12. The van der Waals surface area contributed by atoms with Crippen LogP contribution < -0.4 is 10.6 Å². The van der Waals surface area contributed by atoms with E-state index in [1.54, 1.807) is 6.07 Å². The normalized spacial score (nSPS) is 20.6. The molecule has 1 unspecified atom stereocenters. The van der Waals surface area contributed by atoms with Gasteiger partial charge in [-0.3, -0.25) is 9.59 Å². The summed E-state index contributed by atoms with van der Waals surface area (Å²) in [5.41, 5.74) is 1.90. The number of rotatable bonds is 7. The Labute approximate surface area is 181 Å². The van der Waals surface area contributed by atoms with E-state index < -0.39 is 0 Å². The third-order valence-electron chi connectivity index (χ3n) is 6.63. The van der Waals surface area contributed by atoms with Gasteiger partial charge in [0, 0.05) is 17.5 Å². The minimum Gasteiger partial charge on any atom is -0.377 e. The van der Waals surface area contributed by atoms with Crippen LogP contribution in [0.2, 0.25) is 0 Å². The Balaban J connectivity index is 1.35. The highest BCUT2D eigenvalue weighted by atomic mass is 16.5. The molecule has 0 bridgehead atoms. The van der Waals surface area contributed by atoms with E-state index >= 15 is 0 Å². The number of aromatic nitrogens is 1. The molecule has 0 radical (unpaired) electrons. The van der Waals surface area contributed by atoms with E-state index in [1.165, 1.54) is 6.42 Å². The zero-order chi connectivity index (χ0) is 21.2. The lowest BCUT2D eigenvalue weighted by Crippen LogP contribution is -2.48. The fourth-order valence-electron chi connectivity index (χ4n) is 4.57. The van der Waals surface area contributed by atoms with Crippen LogP contribution in [0.3, 0.4) is 0 Å². The van der Waals surface area contributed by atoms with Gasteiger partial charge in [-0.15, -0.1) is 0 Å². The average Bonchev–Trinajstić information content (AvgIpc) is 3.51. The summed E-state index contributed by atoms with van der Waals surface area (Å²) in [4.78, 5) is 25.7. The first-order valence-corrected chi connectivity index (χ1v) is 11.4. The molecular formula is C24H29N3O4. The molecule has 31 heavy (non-hydrogen) atoms. The summed E-state index contributed by atoms with van der Waals surface area (Å²) < 4.78 is 10.5. The molecule has 1 aromatic heterocycles. The number of nitrogens with one attached hydrogen (secondary N) is 2. The molecule has 2 saturated carbocycles. The second kappa shape index (κ2) is 8.83. The van der Waals surface area contributed by atoms with Crippen molar-refractivity contribution in [2.24, 2.45) is 5.92 Å². The fraction of sp³-hybridized carbons (Fsp3) is 0.542. The molecule has 3 aliphatic rings. The number of hydrogen-bond acceptors (Lipinski definition) is 5.